The third-order valence-electron chi connectivity index (χ3n) is 3.86. The molecule has 0 saturated heterocycles. The third-order valence-corrected chi connectivity index (χ3v) is 4.11. The highest BCUT2D eigenvalue weighted by Gasteiger charge is 2.22. The fourth-order valence-corrected chi connectivity index (χ4v) is 2.69. The van der Waals surface area contributed by atoms with Crippen LogP contribution in [0.5, 0.6) is 23.0 Å². The van der Waals surface area contributed by atoms with Crippen molar-refractivity contribution in [2.75, 3.05) is 0 Å². The number of carbonyl (C=O) groups is 1. The van der Waals surface area contributed by atoms with Crippen LogP contribution in [0.15, 0.2) is 42.5 Å². The molecular weight excluding hydrogens is 394 g/mol. The van der Waals surface area contributed by atoms with Crippen molar-refractivity contribution in [2.45, 2.75) is 32.4 Å². The lowest BCUT2D eigenvalue weighted by Crippen LogP contribution is -2.42. The number of benzene rings is 2. The summed E-state index contributed by atoms with van der Waals surface area (Å²) in [6.45, 7) is 3.47. The molecule has 0 heterocycles. The molecule has 0 aliphatic rings. The number of nitrogens with one attached hydrogen (secondary N) is 1. The largest absolute Gasteiger partial charge is 0.504 e. The molecule has 2 aromatic carbocycles. The predicted octanol–water partition coefficient (Wildman–Crippen LogP) is 3.00. The molecule has 0 saturated carbocycles. The molecule has 5 N–H and O–H groups in total. The van der Waals surface area contributed by atoms with Gasteiger partial charge in [0.2, 0.25) is 0 Å². The van der Waals surface area contributed by atoms with Crippen LogP contribution in [0.4, 0.5) is 0 Å². The average Bonchev–Trinajstić information content (AvgIpc) is 2.64. The van der Waals surface area contributed by atoms with Gasteiger partial charge in [-0.05, 0) is 55.3 Å². The molecule has 0 radical (unpaired) electrons. The van der Waals surface area contributed by atoms with Crippen molar-refractivity contribution in [3.63, 3.8) is 0 Å². The van der Waals surface area contributed by atoms with E-state index in [2.05, 4.69) is 5.32 Å². The van der Waals surface area contributed by atoms with E-state index in [1.54, 1.807) is 38.1 Å². The van der Waals surface area contributed by atoms with Crippen LogP contribution < -0.4 is 5.32 Å². The van der Waals surface area contributed by atoms with Crippen molar-refractivity contribution < 1.29 is 30.0 Å². The molecule has 1 atom stereocenters. The van der Waals surface area contributed by atoms with Crippen LogP contribution in [-0.2, 0) is 16.0 Å². The molecule has 0 amide bonds. The van der Waals surface area contributed by atoms with E-state index < -0.39 is 12.0 Å². The van der Waals surface area contributed by atoms with Gasteiger partial charge >= 0.3 is 5.97 Å². The lowest BCUT2D eigenvalue weighted by atomic mass is 10.0. The molecule has 0 fully saturated rings. The van der Waals surface area contributed by atoms with Gasteiger partial charge in [-0.1, -0.05) is 30.4 Å². The summed E-state index contributed by atoms with van der Waals surface area (Å²) in [6, 6.07) is 7.80. The molecule has 8 heteroatoms. The minimum atomic E-state index is -0.813. The minimum absolute atomic E-state index is 0.174. The molecule has 154 valence electrons. The Morgan fingerprint density at radius 2 is 1.66 bits per heavy atom. The number of esters is 1. The number of aromatic hydroxyl groups is 4. The first-order valence-electron chi connectivity index (χ1n) is 8.87. The van der Waals surface area contributed by atoms with Gasteiger partial charge in [0.15, 0.2) is 23.0 Å². The van der Waals surface area contributed by atoms with Crippen LogP contribution in [0.25, 0.3) is 6.08 Å². The Labute approximate surface area is 173 Å². The summed E-state index contributed by atoms with van der Waals surface area (Å²) in [6.07, 6.45) is 3.02. The maximum atomic E-state index is 12.5. The van der Waals surface area contributed by atoms with Crippen molar-refractivity contribution in [1.29, 1.82) is 0 Å². The normalized spacial score (nSPS) is 12.1. The van der Waals surface area contributed by atoms with Gasteiger partial charge in [-0.2, -0.15) is 0 Å². The highest BCUT2D eigenvalue weighted by molar-refractivity contribution is 7.80. The molecule has 0 aromatic heterocycles. The highest BCUT2D eigenvalue weighted by atomic mass is 32.1. The molecule has 0 bridgehead atoms. The zero-order valence-electron chi connectivity index (χ0n) is 16.0. The second-order valence-corrected chi connectivity index (χ2v) is 7.10. The first kappa shape index (κ1) is 22.0. The van der Waals surface area contributed by atoms with E-state index in [0.29, 0.717) is 11.1 Å². The number of hydrogen-bond donors (Lipinski definition) is 5. The third kappa shape index (κ3) is 6.69. The summed E-state index contributed by atoms with van der Waals surface area (Å²) in [5.41, 5.74) is 1.21. The van der Waals surface area contributed by atoms with Crippen LogP contribution in [-0.4, -0.2) is 43.5 Å². The van der Waals surface area contributed by atoms with E-state index in [9.17, 15) is 25.2 Å². The van der Waals surface area contributed by atoms with E-state index >= 15 is 0 Å². The quantitative estimate of drug-likeness (QED) is 0.202. The van der Waals surface area contributed by atoms with Gasteiger partial charge in [0.05, 0.1) is 11.1 Å². The van der Waals surface area contributed by atoms with E-state index in [4.69, 9.17) is 17.0 Å². The number of ether oxygens (including phenoxy) is 1. The smallest absolute Gasteiger partial charge is 0.329 e. The maximum Gasteiger partial charge on any atom is 0.329 e. The molecule has 7 nitrogen and oxygen atoms in total. The van der Waals surface area contributed by atoms with Gasteiger partial charge in [0.25, 0.3) is 0 Å². The highest BCUT2D eigenvalue weighted by Crippen LogP contribution is 2.26. The van der Waals surface area contributed by atoms with Crippen LogP contribution >= 0.6 is 12.2 Å². The Hall–Kier alpha value is -3.26. The van der Waals surface area contributed by atoms with Crippen molar-refractivity contribution in [3.05, 3.63) is 53.6 Å². The Kier molecular flexibility index (Phi) is 7.44. The van der Waals surface area contributed by atoms with Gasteiger partial charge in [-0.3, -0.25) is 0 Å². The molecule has 0 aliphatic heterocycles. The Bertz CT molecular complexity index is 925. The second-order valence-electron chi connectivity index (χ2n) is 6.66. The Balaban J connectivity index is 2.13. The van der Waals surface area contributed by atoms with E-state index in [1.165, 1.54) is 24.3 Å². The summed E-state index contributed by atoms with van der Waals surface area (Å²) < 4.78 is 5.27. The standard InChI is InChI=1S/C21H23NO6S/c1-12(2)28-21(27)15(9-14-4-7-17(24)19(26)11-14)22-20(29)8-5-13-3-6-16(23)18(25)10-13/h3-8,10-12,15,23-26H,9H2,1-2H3,(H,22,29). The van der Waals surface area contributed by atoms with E-state index in [1.807, 2.05) is 0 Å². The fraction of sp³-hybridized carbons (Fsp3) is 0.238. The zero-order valence-corrected chi connectivity index (χ0v) is 16.8. The van der Waals surface area contributed by atoms with Crippen molar-refractivity contribution in [3.8, 4) is 23.0 Å². The predicted molar refractivity (Wildman–Crippen MR) is 113 cm³/mol. The first-order chi connectivity index (χ1) is 13.7. The van der Waals surface area contributed by atoms with Gasteiger partial charge in [-0.15, -0.1) is 0 Å². The topological polar surface area (TPSA) is 119 Å². The number of phenolic OH excluding ortho intramolecular Hbond substituents is 4. The number of carbonyl (C=O) groups excluding carboxylic acids is 1. The summed E-state index contributed by atoms with van der Waals surface area (Å²) in [5.74, 6) is -1.52. The fourth-order valence-electron chi connectivity index (χ4n) is 2.48. The molecule has 29 heavy (non-hydrogen) atoms. The van der Waals surface area contributed by atoms with Crippen molar-refractivity contribution >= 4 is 29.3 Å². The van der Waals surface area contributed by atoms with E-state index in [-0.39, 0.29) is 40.5 Å². The van der Waals surface area contributed by atoms with Crippen LogP contribution in [0.3, 0.4) is 0 Å². The Morgan fingerprint density at radius 3 is 2.24 bits per heavy atom. The summed E-state index contributed by atoms with van der Waals surface area (Å²) in [5, 5.41) is 40.9. The Morgan fingerprint density at radius 1 is 1.03 bits per heavy atom. The molecular formula is C21H23NO6S. The van der Waals surface area contributed by atoms with Crippen molar-refractivity contribution in [1.82, 2.24) is 5.32 Å². The molecule has 0 aliphatic carbocycles. The molecule has 0 spiro atoms. The molecule has 2 rings (SSSR count). The number of phenols is 4. The maximum absolute atomic E-state index is 12.5. The van der Waals surface area contributed by atoms with E-state index in [0.717, 1.165) is 0 Å². The summed E-state index contributed by atoms with van der Waals surface area (Å²) in [4.78, 5) is 12.7. The van der Waals surface area contributed by atoms with Gasteiger partial charge in [0, 0.05) is 6.42 Å². The van der Waals surface area contributed by atoms with Crippen LogP contribution in [0.2, 0.25) is 0 Å². The number of hydrogen-bond acceptors (Lipinski definition) is 7. The average molecular weight is 417 g/mol. The molecule has 1 unspecified atom stereocenters. The number of rotatable bonds is 7. The van der Waals surface area contributed by atoms with Gasteiger partial charge in [0.1, 0.15) is 6.04 Å². The van der Waals surface area contributed by atoms with Crippen molar-refractivity contribution in [2.24, 2.45) is 0 Å². The number of thiocarbonyl (C=S) groups is 1. The lowest BCUT2D eigenvalue weighted by molar-refractivity contribution is -0.149. The minimum Gasteiger partial charge on any atom is -0.504 e. The summed E-state index contributed by atoms with van der Waals surface area (Å²) in [7, 11) is 0. The SMILES string of the molecule is CC(C)OC(=O)C(Cc1ccc(O)c(O)c1)NC(=S)C=Cc1ccc(O)c(O)c1. The zero-order chi connectivity index (χ0) is 21.6. The second kappa shape index (κ2) is 9.79. The monoisotopic (exact) mass is 417 g/mol. The van der Waals surface area contributed by atoms with Gasteiger partial charge < -0.3 is 30.5 Å². The van der Waals surface area contributed by atoms with Gasteiger partial charge in [-0.25, -0.2) is 4.79 Å². The summed E-state index contributed by atoms with van der Waals surface area (Å²) >= 11 is 5.28. The molecule has 2 aromatic rings. The van der Waals surface area contributed by atoms with Crippen LogP contribution in [0.1, 0.15) is 25.0 Å². The first-order valence-corrected chi connectivity index (χ1v) is 9.28. The lowest BCUT2D eigenvalue weighted by Gasteiger charge is -2.20. The van der Waals surface area contributed by atoms with Crippen LogP contribution in [0, 0.1) is 0 Å².